The molecule has 3 aromatic heterocycles. The Balaban J connectivity index is 1.46. The molecule has 0 aromatic carbocycles. The molecule has 148 valence electrons. The van der Waals surface area contributed by atoms with Gasteiger partial charge < -0.3 is 9.47 Å². The van der Waals surface area contributed by atoms with Gasteiger partial charge in [-0.15, -0.1) is 10.2 Å². The van der Waals surface area contributed by atoms with E-state index in [0.29, 0.717) is 12.2 Å². The number of carbonyl (C=O) groups excluding carboxylic acids is 1. The Morgan fingerprint density at radius 3 is 2.75 bits per heavy atom. The number of carbonyl (C=O) groups is 1. The first-order valence-corrected chi connectivity index (χ1v) is 8.68. The third-order valence-electron chi connectivity index (χ3n) is 4.94. The van der Waals surface area contributed by atoms with Crippen LogP contribution in [-0.4, -0.2) is 51.7 Å². The Morgan fingerprint density at radius 1 is 1.21 bits per heavy atom. The summed E-state index contributed by atoms with van der Waals surface area (Å²) in [4.78, 5) is 22.6. The van der Waals surface area contributed by atoms with E-state index in [2.05, 4.69) is 25.3 Å². The lowest BCUT2D eigenvalue weighted by molar-refractivity contribution is -0.148. The highest BCUT2D eigenvalue weighted by molar-refractivity contribution is 5.76. The molecule has 9 nitrogen and oxygen atoms in total. The number of rotatable bonds is 3. The van der Waals surface area contributed by atoms with E-state index in [1.54, 1.807) is 4.52 Å². The van der Waals surface area contributed by atoms with E-state index in [9.17, 15) is 18.0 Å². The maximum Gasteiger partial charge on any atom is 0.451 e. The monoisotopic (exact) mass is 394 g/mol. The molecule has 12 heteroatoms. The summed E-state index contributed by atoms with van der Waals surface area (Å²) in [5, 5.41) is 11.0. The number of hydrogen-bond acceptors (Lipinski definition) is 6. The van der Waals surface area contributed by atoms with Gasteiger partial charge in [-0.3, -0.25) is 4.79 Å². The molecule has 1 aliphatic heterocycles. The minimum Gasteiger partial charge on any atom is -0.333 e. The SMILES string of the molecule is Cc1nc2ncnn2c(C)c1CCC(=O)N1CCn2c(nnc2C(F)(F)F)C1. The van der Waals surface area contributed by atoms with Crippen molar-refractivity contribution in [2.24, 2.45) is 0 Å². The molecule has 0 fully saturated rings. The molecule has 0 N–H and O–H groups in total. The number of nitrogens with zero attached hydrogens (tertiary/aromatic N) is 8. The van der Waals surface area contributed by atoms with Crippen LogP contribution in [0, 0.1) is 13.8 Å². The van der Waals surface area contributed by atoms with Crippen LogP contribution in [0.2, 0.25) is 0 Å². The summed E-state index contributed by atoms with van der Waals surface area (Å²) in [5.74, 6) is -0.528. The van der Waals surface area contributed by atoms with E-state index in [4.69, 9.17) is 0 Å². The van der Waals surface area contributed by atoms with Gasteiger partial charge in [-0.25, -0.2) is 9.50 Å². The molecule has 4 rings (SSSR count). The molecule has 0 unspecified atom stereocenters. The van der Waals surface area contributed by atoms with Gasteiger partial charge in [-0.05, 0) is 25.8 Å². The quantitative estimate of drug-likeness (QED) is 0.665. The summed E-state index contributed by atoms with van der Waals surface area (Å²) in [7, 11) is 0. The summed E-state index contributed by atoms with van der Waals surface area (Å²) in [6.45, 7) is 3.96. The average molecular weight is 394 g/mol. The fourth-order valence-electron chi connectivity index (χ4n) is 3.49. The smallest absolute Gasteiger partial charge is 0.333 e. The first-order chi connectivity index (χ1) is 13.3. The van der Waals surface area contributed by atoms with Crippen molar-refractivity contribution in [1.29, 1.82) is 0 Å². The van der Waals surface area contributed by atoms with Gasteiger partial charge in [-0.2, -0.15) is 23.3 Å². The Bertz CT molecular complexity index is 1050. The second kappa shape index (κ2) is 6.53. The van der Waals surface area contributed by atoms with Gasteiger partial charge >= 0.3 is 6.18 Å². The van der Waals surface area contributed by atoms with Crippen molar-refractivity contribution in [1.82, 2.24) is 39.2 Å². The number of halogens is 3. The van der Waals surface area contributed by atoms with Crippen LogP contribution >= 0.6 is 0 Å². The van der Waals surface area contributed by atoms with Crippen LogP contribution in [-0.2, 0) is 30.5 Å². The van der Waals surface area contributed by atoms with E-state index in [1.165, 1.54) is 11.2 Å². The highest BCUT2D eigenvalue weighted by atomic mass is 19.4. The normalized spacial score (nSPS) is 14.5. The molecule has 0 radical (unpaired) electrons. The van der Waals surface area contributed by atoms with Crippen LogP contribution in [0.15, 0.2) is 6.33 Å². The molecule has 0 saturated carbocycles. The van der Waals surface area contributed by atoms with Crippen molar-refractivity contribution in [3.63, 3.8) is 0 Å². The molecule has 0 atom stereocenters. The van der Waals surface area contributed by atoms with E-state index in [-0.39, 0.29) is 37.8 Å². The van der Waals surface area contributed by atoms with E-state index in [0.717, 1.165) is 21.5 Å². The molecule has 3 aromatic rings. The van der Waals surface area contributed by atoms with Crippen LogP contribution in [0.3, 0.4) is 0 Å². The first kappa shape index (κ1) is 18.3. The number of fused-ring (bicyclic) bond motifs is 2. The molecule has 1 aliphatic rings. The van der Waals surface area contributed by atoms with E-state index < -0.39 is 12.0 Å². The fraction of sp³-hybridized carbons (Fsp3) is 0.500. The summed E-state index contributed by atoms with van der Waals surface area (Å²) in [6.07, 6.45) is -2.47. The van der Waals surface area contributed by atoms with Gasteiger partial charge in [0.15, 0.2) is 5.82 Å². The zero-order valence-corrected chi connectivity index (χ0v) is 15.2. The topological polar surface area (TPSA) is 94.1 Å². The molecule has 28 heavy (non-hydrogen) atoms. The molecular weight excluding hydrogens is 377 g/mol. The number of aromatic nitrogens is 7. The van der Waals surface area contributed by atoms with Crippen molar-refractivity contribution in [2.75, 3.05) is 6.54 Å². The Labute approximate surface area is 157 Å². The highest BCUT2D eigenvalue weighted by Crippen LogP contribution is 2.29. The zero-order valence-electron chi connectivity index (χ0n) is 15.2. The number of alkyl halides is 3. The number of hydrogen-bond donors (Lipinski definition) is 0. The molecular formula is C16H17F3N8O. The van der Waals surface area contributed by atoms with Crippen molar-refractivity contribution < 1.29 is 18.0 Å². The maximum atomic E-state index is 12.9. The van der Waals surface area contributed by atoms with Crippen molar-refractivity contribution in [2.45, 2.75) is 46.0 Å². The second-order valence-electron chi connectivity index (χ2n) is 6.64. The minimum atomic E-state index is -4.56. The van der Waals surface area contributed by atoms with E-state index in [1.807, 2.05) is 13.8 Å². The lowest BCUT2D eigenvalue weighted by atomic mass is 10.1. The predicted octanol–water partition coefficient (Wildman–Crippen LogP) is 1.33. The fourth-order valence-corrected chi connectivity index (χ4v) is 3.49. The molecule has 4 heterocycles. The molecule has 0 spiro atoms. The van der Waals surface area contributed by atoms with Crippen LogP contribution in [0.4, 0.5) is 13.2 Å². The van der Waals surface area contributed by atoms with Crippen LogP contribution < -0.4 is 0 Å². The maximum absolute atomic E-state index is 12.9. The molecule has 0 saturated heterocycles. The lowest BCUT2D eigenvalue weighted by Gasteiger charge is -2.28. The Hall–Kier alpha value is -3.05. The molecule has 1 amide bonds. The highest BCUT2D eigenvalue weighted by Gasteiger charge is 2.39. The molecule has 0 aliphatic carbocycles. The first-order valence-electron chi connectivity index (χ1n) is 8.68. The van der Waals surface area contributed by atoms with E-state index >= 15 is 0 Å². The third kappa shape index (κ3) is 3.08. The van der Waals surface area contributed by atoms with Crippen molar-refractivity contribution >= 4 is 11.7 Å². The summed E-state index contributed by atoms with van der Waals surface area (Å²) >= 11 is 0. The van der Waals surface area contributed by atoms with Gasteiger partial charge in [0, 0.05) is 30.9 Å². The van der Waals surface area contributed by atoms with Crippen LogP contribution in [0.5, 0.6) is 0 Å². The van der Waals surface area contributed by atoms with Crippen LogP contribution in [0.25, 0.3) is 5.78 Å². The average Bonchev–Trinajstić information content (AvgIpc) is 3.26. The molecule has 0 bridgehead atoms. The zero-order chi connectivity index (χ0) is 20.1. The predicted molar refractivity (Wildman–Crippen MR) is 89.0 cm³/mol. The lowest BCUT2D eigenvalue weighted by Crippen LogP contribution is -2.39. The van der Waals surface area contributed by atoms with Gasteiger partial charge in [0.05, 0.1) is 6.54 Å². The van der Waals surface area contributed by atoms with Gasteiger partial charge in [0.25, 0.3) is 5.78 Å². The van der Waals surface area contributed by atoms with Gasteiger partial charge in [0.2, 0.25) is 11.7 Å². The van der Waals surface area contributed by atoms with Gasteiger partial charge in [-0.1, -0.05) is 0 Å². The number of aryl methyl sites for hydroxylation is 2. The number of amides is 1. The minimum absolute atomic E-state index is 0.0141. The summed E-state index contributed by atoms with van der Waals surface area (Å²) in [5.41, 5.74) is 2.55. The van der Waals surface area contributed by atoms with Crippen molar-refractivity contribution in [3.8, 4) is 0 Å². The standard InChI is InChI=1S/C16H17F3N8O/c1-9-11(10(2)27-15(22-9)20-8-21-27)3-4-13(28)25-5-6-26-12(7-25)23-24-14(26)16(17,18)19/h8H,3-7H2,1-2H3. The summed E-state index contributed by atoms with van der Waals surface area (Å²) < 4.78 is 41.4. The van der Waals surface area contributed by atoms with Crippen molar-refractivity contribution in [3.05, 3.63) is 34.9 Å². The third-order valence-corrected chi connectivity index (χ3v) is 4.94. The Morgan fingerprint density at radius 2 is 2.00 bits per heavy atom. The summed E-state index contributed by atoms with van der Waals surface area (Å²) in [6, 6.07) is 0. The van der Waals surface area contributed by atoms with Crippen LogP contribution in [0.1, 0.15) is 35.0 Å². The second-order valence-corrected chi connectivity index (χ2v) is 6.64. The Kier molecular flexibility index (Phi) is 4.27. The largest absolute Gasteiger partial charge is 0.451 e. The van der Waals surface area contributed by atoms with Gasteiger partial charge in [0.1, 0.15) is 6.33 Å².